The summed E-state index contributed by atoms with van der Waals surface area (Å²) in [6, 6.07) is 5.71. The zero-order valence-corrected chi connectivity index (χ0v) is 13.2. The van der Waals surface area contributed by atoms with Gasteiger partial charge in [0.2, 0.25) is 0 Å². The fourth-order valence-corrected chi connectivity index (χ4v) is 3.97. The van der Waals surface area contributed by atoms with Crippen molar-refractivity contribution < 1.29 is 17.9 Å². The predicted octanol–water partition coefficient (Wildman–Crippen LogP) is 2.31. The number of anilines is 1. The second-order valence-electron chi connectivity index (χ2n) is 3.97. The molecule has 3 N–H and O–H groups in total. The molecule has 6 nitrogen and oxygen atoms in total. The number of sulfonamides is 1. The summed E-state index contributed by atoms with van der Waals surface area (Å²) in [6.07, 6.45) is 0. The molecule has 0 aliphatic heterocycles. The molecule has 0 unspecified atom stereocenters. The molecule has 0 radical (unpaired) electrons. The smallest absolute Gasteiger partial charge is 0.262 e. The molecule has 1 aromatic heterocycles. The van der Waals surface area contributed by atoms with Crippen molar-refractivity contribution in [2.45, 2.75) is 4.90 Å². The van der Waals surface area contributed by atoms with Crippen LogP contribution in [0.4, 0.5) is 5.69 Å². The number of halogens is 1. The molecule has 2 aromatic rings. The molecule has 1 aromatic carbocycles. The van der Waals surface area contributed by atoms with Gasteiger partial charge in [0.15, 0.2) is 0 Å². The Morgan fingerprint density at radius 3 is 2.62 bits per heavy atom. The summed E-state index contributed by atoms with van der Waals surface area (Å²) in [6.45, 7) is 0. The SMILES string of the molecule is COc1ccc(NS(=O)(=O)c2csc(C(N)=O)c2)cc1Cl. The third kappa shape index (κ3) is 3.46. The lowest BCUT2D eigenvalue weighted by atomic mass is 10.3. The number of primary amides is 1. The van der Waals surface area contributed by atoms with Crippen molar-refractivity contribution in [3.63, 3.8) is 0 Å². The van der Waals surface area contributed by atoms with Crippen LogP contribution in [0, 0.1) is 0 Å². The first-order valence-corrected chi connectivity index (χ1v) is 8.32. The number of thiophene rings is 1. The third-order valence-corrected chi connectivity index (χ3v) is 5.28. The number of nitrogens with two attached hydrogens (primary N) is 1. The van der Waals surface area contributed by atoms with Gasteiger partial charge in [0.25, 0.3) is 15.9 Å². The van der Waals surface area contributed by atoms with Crippen LogP contribution < -0.4 is 15.2 Å². The fraction of sp³-hybridized carbons (Fsp3) is 0.0833. The van der Waals surface area contributed by atoms with Crippen molar-refractivity contribution in [3.05, 3.63) is 39.5 Å². The molecule has 1 amide bonds. The average molecular weight is 347 g/mol. The molecule has 0 aliphatic rings. The number of ether oxygens (including phenoxy) is 1. The van der Waals surface area contributed by atoms with Crippen LogP contribution in [0.2, 0.25) is 5.02 Å². The van der Waals surface area contributed by atoms with Crippen LogP contribution in [0.15, 0.2) is 34.5 Å². The number of methoxy groups -OCH3 is 1. The van der Waals surface area contributed by atoms with E-state index in [0.29, 0.717) is 5.75 Å². The molecule has 0 atom stereocenters. The van der Waals surface area contributed by atoms with Gasteiger partial charge in [0, 0.05) is 5.38 Å². The Labute approximate surface area is 130 Å². The molecule has 21 heavy (non-hydrogen) atoms. The molecule has 2 rings (SSSR count). The lowest BCUT2D eigenvalue weighted by Gasteiger charge is -2.08. The Morgan fingerprint density at radius 2 is 2.10 bits per heavy atom. The average Bonchev–Trinajstić information content (AvgIpc) is 2.89. The van der Waals surface area contributed by atoms with Crippen LogP contribution in [0.1, 0.15) is 9.67 Å². The van der Waals surface area contributed by atoms with Crippen molar-refractivity contribution in [1.29, 1.82) is 0 Å². The zero-order valence-electron chi connectivity index (χ0n) is 10.8. The maximum absolute atomic E-state index is 12.2. The van der Waals surface area contributed by atoms with E-state index < -0.39 is 15.9 Å². The standard InChI is InChI=1S/C12H11ClN2O4S2/c1-19-10-3-2-7(4-9(10)13)15-21(17,18)8-5-11(12(14)16)20-6-8/h2-6,15H,1H3,(H2,14,16). The van der Waals surface area contributed by atoms with Crippen molar-refractivity contribution in [3.8, 4) is 5.75 Å². The van der Waals surface area contributed by atoms with Gasteiger partial charge in [0.05, 0.1) is 27.6 Å². The monoisotopic (exact) mass is 346 g/mol. The van der Waals surface area contributed by atoms with Gasteiger partial charge in [-0.3, -0.25) is 9.52 Å². The van der Waals surface area contributed by atoms with Gasteiger partial charge < -0.3 is 10.5 Å². The van der Waals surface area contributed by atoms with E-state index in [1.165, 1.54) is 30.7 Å². The summed E-state index contributed by atoms with van der Waals surface area (Å²) in [5, 5.41) is 1.62. The molecular weight excluding hydrogens is 336 g/mol. The Hall–Kier alpha value is -1.77. The molecule has 0 spiro atoms. The highest BCUT2D eigenvalue weighted by Gasteiger charge is 2.18. The summed E-state index contributed by atoms with van der Waals surface area (Å²) in [7, 11) is -2.35. The minimum atomic E-state index is -3.81. The van der Waals surface area contributed by atoms with E-state index in [-0.39, 0.29) is 20.5 Å². The number of nitrogens with one attached hydrogen (secondary N) is 1. The topological polar surface area (TPSA) is 98.5 Å². The summed E-state index contributed by atoms with van der Waals surface area (Å²) in [5.74, 6) is -0.236. The van der Waals surface area contributed by atoms with Crippen LogP contribution in [0.3, 0.4) is 0 Å². The number of hydrogen-bond acceptors (Lipinski definition) is 5. The normalized spacial score (nSPS) is 11.1. The minimum absolute atomic E-state index is 0.0340. The van der Waals surface area contributed by atoms with Crippen LogP contribution in [0.25, 0.3) is 0 Å². The van der Waals surface area contributed by atoms with Gasteiger partial charge in [-0.1, -0.05) is 11.6 Å². The van der Waals surface area contributed by atoms with E-state index in [4.69, 9.17) is 22.1 Å². The van der Waals surface area contributed by atoms with Gasteiger partial charge in [-0.2, -0.15) is 0 Å². The molecule has 0 fully saturated rings. The summed E-state index contributed by atoms with van der Waals surface area (Å²) >= 11 is 6.90. The Bertz CT molecular complexity index is 786. The lowest BCUT2D eigenvalue weighted by molar-refractivity contribution is 0.100. The Balaban J connectivity index is 2.28. The highest BCUT2D eigenvalue weighted by atomic mass is 35.5. The van der Waals surface area contributed by atoms with Crippen molar-refractivity contribution in [2.75, 3.05) is 11.8 Å². The molecule has 0 bridgehead atoms. The first-order chi connectivity index (χ1) is 9.83. The second kappa shape index (κ2) is 5.92. The van der Waals surface area contributed by atoms with Gasteiger partial charge in [0.1, 0.15) is 5.75 Å². The van der Waals surface area contributed by atoms with E-state index in [0.717, 1.165) is 11.3 Å². The third-order valence-electron chi connectivity index (χ3n) is 2.53. The van der Waals surface area contributed by atoms with Crippen molar-refractivity contribution in [1.82, 2.24) is 0 Å². The van der Waals surface area contributed by atoms with E-state index >= 15 is 0 Å². The van der Waals surface area contributed by atoms with Crippen LogP contribution in [-0.4, -0.2) is 21.4 Å². The molecular formula is C12H11ClN2O4S2. The molecule has 0 saturated carbocycles. The first-order valence-electron chi connectivity index (χ1n) is 5.58. The van der Waals surface area contributed by atoms with E-state index in [9.17, 15) is 13.2 Å². The predicted molar refractivity (Wildman–Crippen MR) is 81.6 cm³/mol. The molecule has 0 saturated heterocycles. The quantitative estimate of drug-likeness (QED) is 0.867. The lowest BCUT2D eigenvalue weighted by Crippen LogP contribution is -2.13. The highest BCUT2D eigenvalue weighted by Crippen LogP contribution is 2.29. The maximum atomic E-state index is 12.2. The van der Waals surface area contributed by atoms with Crippen molar-refractivity contribution in [2.24, 2.45) is 5.73 Å². The summed E-state index contributed by atoms with van der Waals surface area (Å²) in [4.78, 5) is 11.1. The maximum Gasteiger partial charge on any atom is 0.262 e. The Kier molecular flexibility index (Phi) is 4.40. The zero-order chi connectivity index (χ0) is 15.6. The molecule has 0 aliphatic carbocycles. The summed E-state index contributed by atoms with van der Waals surface area (Å²) < 4.78 is 31.7. The molecule has 1 heterocycles. The van der Waals surface area contributed by atoms with Crippen molar-refractivity contribution >= 4 is 44.6 Å². The summed E-state index contributed by atoms with van der Waals surface area (Å²) in [5.41, 5.74) is 5.38. The Morgan fingerprint density at radius 1 is 1.38 bits per heavy atom. The largest absolute Gasteiger partial charge is 0.495 e. The van der Waals surface area contributed by atoms with E-state index in [1.807, 2.05) is 0 Å². The number of rotatable bonds is 5. The first kappa shape index (κ1) is 15.6. The van der Waals surface area contributed by atoms with Gasteiger partial charge in [-0.15, -0.1) is 11.3 Å². The van der Waals surface area contributed by atoms with Gasteiger partial charge in [-0.05, 0) is 24.3 Å². The molecule has 112 valence electrons. The fourth-order valence-electron chi connectivity index (χ4n) is 1.53. The van der Waals surface area contributed by atoms with Gasteiger partial charge in [-0.25, -0.2) is 8.42 Å². The number of carbonyl (C=O) groups is 1. The van der Waals surface area contributed by atoms with Crippen LogP contribution in [-0.2, 0) is 10.0 Å². The van der Waals surface area contributed by atoms with E-state index in [2.05, 4.69) is 4.72 Å². The van der Waals surface area contributed by atoms with Gasteiger partial charge >= 0.3 is 0 Å². The van der Waals surface area contributed by atoms with Crippen LogP contribution >= 0.6 is 22.9 Å². The highest BCUT2D eigenvalue weighted by molar-refractivity contribution is 7.92. The second-order valence-corrected chi connectivity index (χ2v) is 6.97. The van der Waals surface area contributed by atoms with E-state index in [1.54, 1.807) is 6.07 Å². The minimum Gasteiger partial charge on any atom is -0.495 e. The number of amides is 1. The number of carbonyl (C=O) groups excluding carboxylic acids is 1. The molecule has 9 heteroatoms. The van der Waals surface area contributed by atoms with Crippen LogP contribution in [0.5, 0.6) is 5.75 Å². The number of hydrogen-bond donors (Lipinski definition) is 2. The number of benzene rings is 1.